The molecule has 0 amide bonds. The van der Waals surface area contributed by atoms with Crippen molar-refractivity contribution in [2.24, 2.45) is 0 Å². The minimum Gasteiger partial charge on any atom is -0.477 e. The minimum atomic E-state index is -1.31. The number of anilines is 1. The van der Waals surface area contributed by atoms with E-state index in [1.807, 2.05) is 6.92 Å². The highest BCUT2D eigenvalue weighted by Gasteiger charge is 2.20. The van der Waals surface area contributed by atoms with Gasteiger partial charge in [0.1, 0.15) is 5.56 Å². The van der Waals surface area contributed by atoms with Gasteiger partial charge in [-0.3, -0.25) is 10.1 Å². The highest BCUT2D eigenvalue weighted by atomic mass is 16.6. The van der Waals surface area contributed by atoms with Crippen molar-refractivity contribution in [2.45, 2.75) is 19.4 Å². The number of nitro benzene ring substituents is 1. The van der Waals surface area contributed by atoms with Gasteiger partial charge in [0.2, 0.25) is 0 Å². The first-order valence-electron chi connectivity index (χ1n) is 5.73. The average Bonchev–Trinajstić information content (AvgIpc) is 2.35. The number of methoxy groups -OCH3 is 1. The lowest BCUT2D eigenvalue weighted by atomic mass is 10.1. The van der Waals surface area contributed by atoms with Crippen molar-refractivity contribution in [2.75, 3.05) is 19.0 Å². The molecule has 0 aliphatic carbocycles. The fourth-order valence-electron chi connectivity index (χ4n) is 1.60. The molecule has 7 heteroatoms. The summed E-state index contributed by atoms with van der Waals surface area (Å²) in [5.41, 5.74) is -0.225. The van der Waals surface area contributed by atoms with Crippen LogP contribution in [-0.4, -0.2) is 35.8 Å². The SMILES string of the molecule is COCCC(C)Nc1ccc(C(=O)O)c([N+](=O)[O-])c1. The Hall–Kier alpha value is -2.15. The summed E-state index contributed by atoms with van der Waals surface area (Å²) in [6.45, 7) is 2.49. The van der Waals surface area contributed by atoms with Crippen LogP contribution in [0, 0.1) is 10.1 Å². The Morgan fingerprint density at radius 2 is 2.26 bits per heavy atom. The zero-order valence-corrected chi connectivity index (χ0v) is 10.8. The van der Waals surface area contributed by atoms with Gasteiger partial charge in [-0.1, -0.05) is 0 Å². The first-order chi connectivity index (χ1) is 8.95. The molecule has 0 bridgehead atoms. The summed E-state index contributed by atoms with van der Waals surface area (Å²) in [4.78, 5) is 21.0. The maximum absolute atomic E-state index is 10.9. The van der Waals surface area contributed by atoms with Gasteiger partial charge in [0.25, 0.3) is 5.69 Å². The van der Waals surface area contributed by atoms with E-state index < -0.39 is 16.6 Å². The Bertz CT molecular complexity index is 475. The van der Waals surface area contributed by atoms with E-state index in [9.17, 15) is 14.9 Å². The van der Waals surface area contributed by atoms with E-state index in [0.717, 1.165) is 6.42 Å². The van der Waals surface area contributed by atoms with Gasteiger partial charge in [0.05, 0.1) is 4.92 Å². The molecule has 7 nitrogen and oxygen atoms in total. The molecule has 1 rings (SSSR count). The minimum absolute atomic E-state index is 0.0650. The van der Waals surface area contributed by atoms with Gasteiger partial charge in [-0.2, -0.15) is 0 Å². The van der Waals surface area contributed by atoms with Gasteiger partial charge < -0.3 is 15.2 Å². The number of carboxylic acids is 1. The molecule has 0 aliphatic rings. The molecule has 1 atom stereocenters. The van der Waals surface area contributed by atoms with Crippen molar-refractivity contribution < 1.29 is 19.6 Å². The molecule has 0 aromatic heterocycles. The van der Waals surface area contributed by atoms with Crippen LogP contribution in [0.25, 0.3) is 0 Å². The Morgan fingerprint density at radius 3 is 2.79 bits per heavy atom. The summed E-state index contributed by atoms with van der Waals surface area (Å²) in [6.07, 6.45) is 0.741. The number of carboxylic acid groups (broad SMARTS) is 1. The quantitative estimate of drug-likeness (QED) is 0.580. The van der Waals surface area contributed by atoms with Crippen molar-refractivity contribution in [3.63, 3.8) is 0 Å². The number of nitrogens with one attached hydrogen (secondary N) is 1. The normalized spacial score (nSPS) is 11.9. The van der Waals surface area contributed by atoms with Crippen LogP contribution in [-0.2, 0) is 4.74 Å². The number of rotatable bonds is 7. The standard InChI is InChI=1S/C12H16N2O5/c1-8(5-6-19-2)13-9-3-4-10(12(15)16)11(7-9)14(17)18/h3-4,7-8,13H,5-6H2,1-2H3,(H,15,16). The van der Waals surface area contributed by atoms with Gasteiger partial charge in [0, 0.05) is 31.5 Å². The topological polar surface area (TPSA) is 102 Å². The molecule has 2 N–H and O–H groups in total. The summed E-state index contributed by atoms with van der Waals surface area (Å²) < 4.78 is 4.94. The molecule has 0 spiro atoms. The lowest BCUT2D eigenvalue weighted by Gasteiger charge is -2.14. The predicted octanol–water partition coefficient (Wildman–Crippen LogP) is 2.13. The molecule has 104 valence electrons. The Kier molecular flexibility index (Phi) is 5.25. The fraction of sp³-hybridized carbons (Fsp3) is 0.417. The van der Waals surface area contributed by atoms with Crippen LogP contribution in [0.2, 0.25) is 0 Å². The summed E-state index contributed by atoms with van der Waals surface area (Å²) in [7, 11) is 1.60. The van der Waals surface area contributed by atoms with Crippen LogP contribution in [0.3, 0.4) is 0 Å². The Morgan fingerprint density at radius 1 is 1.58 bits per heavy atom. The number of carbonyl (C=O) groups is 1. The van der Waals surface area contributed by atoms with Crippen LogP contribution < -0.4 is 5.32 Å². The molecular weight excluding hydrogens is 252 g/mol. The van der Waals surface area contributed by atoms with E-state index in [0.29, 0.717) is 12.3 Å². The number of hydrogen-bond donors (Lipinski definition) is 2. The van der Waals surface area contributed by atoms with E-state index >= 15 is 0 Å². The molecule has 0 saturated carbocycles. The maximum Gasteiger partial charge on any atom is 0.342 e. The van der Waals surface area contributed by atoms with Gasteiger partial charge in [0.15, 0.2) is 0 Å². The summed E-state index contributed by atoms with van der Waals surface area (Å²) in [5, 5.41) is 22.8. The third kappa shape index (κ3) is 4.22. The van der Waals surface area contributed by atoms with E-state index in [-0.39, 0.29) is 11.6 Å². The highest BCUT2D eigenvalue weighted by Crippen LogP contribution is 2.23. The molecule has 0 fully saturated rings. The number of ether oxygens (including phenoxy) is 1. The number of benzene rings is 1. The number of hydrogen-bond acceptors (Lipinski definition) is 5. The molecule has 0 aliphatic heterocycles. The zero-order valence-electron chi connectivity index (χ0n) is 10.8. The van der Waals surface area contributed by atoms with Gasteiger partial charge in [-0.05, 0) is 25.5 Å². The van der Waals surface area contributed by atoms with E-state index in [4.69, 9.17) is 9.84 Å². The van der Waals surface area contributed by atoms with Crippen LogP contribution in [0.5, 0.6) is 0 Å². The molecule has 19 heavy (non-hydrogen) atoms. The second-order valence-electron chi connectivity index (χ2n) is 4.12. The average molecular weight is 268 g/mol. The molecule has 0 radical (unpaired) electrons. The van der Waals surface area contributed by atoms with Crippen LogP contribution in [0.15, 0.2) is 18.2 Å². The summed E-state index contributed by atoms with van der Waals surface area (Å²) >= 11 is 0. The molecule has 1 unspecified atom stereocenters. The third-order valence-electron chi connectivity index (χ3n) is 2.59. The summed E-state index contributed by atoms with van der Waals surface area (Å²) in [6, 6.07) is 4.04. The zero-order chi connectivity index (χ0) is 14.4. The van der Waals surface area contributed by atoms with Gasteiger partial charge in [-0.15, -0.1) is 0 Å². The van der Waals surface area contributed by atoms with Gasteiger partial charge in [-0.25, -0.2) is 4.79 Å². The molecule has 1 aromatic rings. The monoisotopic (exact) mass is 268 g/mol. The van der Waals surface area contributed by atoms with E-state index in [1.54, 1.807) is 7.11 Å². The van der Waals surface area contributed by atoms with Crippen molar-refractivity contribution >= 4 is 17.3 Å². The predicted molar refractivity (Wildman–Crippen MR) is 69.6 cm³/mol. The lowest BCUT2D eigenvalue weighted by molar-refractivity contribution is -0.385. The van der Waals surface area contributed by atoms with E-state index in [2.05, 4.69) is 5.32 Å². The number of nitrogens with zero attached hydrogens (tertiary/aromatic N) is 1. The summed E-state index contributed by atoms with van der Waals surface area (Å²) in [5.74, 6) is -1.31. The van der Waals surface area contributed by atoms with Crippen molar-refractivity contribution in [3.05, 3.63) is 33.9 Å². The van der Waals surface area contributed by atoms with Gasteiger partial charge >= 0.3 is 5.97 Å². The Labute approximate surface area is 110 Å². The van der Waals surface area contributed by atoms with Crippen LogP contribution in [0.4, 0.5) is 11.4 Å². The largest absolute Gasteiger partial charge is 0.477 e. The molecular formula is C12H16N2O5. The van der Waals surface area contributed by atoms with Crippen molar-refractivity contribution in [1.29, 1.82) is 0 Å². The Balaban J connectivity index is 2.90. The smallest absolute Gasteiger partial charge is 0.342 e. The first kappa shape index (κ1) is 14.9. The second kappa shape index (κ2) is 6.69. The fourth-order valence-corrected chi connectivity index (χ4v) is 1.60. The van der Waals surface area contributed by atoms with Crippen molar-refractivity contribution in [1.82, 2.24) is 0 Å². The maximum atomic E-state index is 10.9. The lowest BCUT2D eigenvalue weighted by Crippen LogP contribution is -2.17. The molecule has 0 saturated heterocycles. The van der Waals surface area contributed by atoms with Crippen LogP contribution in [0.1, 0.15) is 23.7 Å². The highest BCUT2D eigenvalue weighted by molar-refractivity contribution is 5.93. The van der Waals surface area contributed by atoms with E-state index in [1.165, 1.54) is 18.2 Å². The molecule has 1 aromatic carbocycles. The third-order valence-corrected chi connectivity index (χ3v) is 2.59. The first-order valence-corrected chi connectivity index (χ1v) is 5.73. The van der Waals surface area contributed by atoms with Crippen LogP contribution >= 0.6 is 0 Å². The second-order valence-corrected chi connectivity index (χ2v) is 4.12. The van der Waals surface area contributed by atoms with Crippen molar-refractivity contribution in [3.8, 4) is 0 Å². The number of nitro groups is 1. The number of aromatic carboxylic acids is 1. The molecule has 0 heterocycles.